The lowest BCUT2D eigenvalue weighted by Crippen LogP contribution is -2.33. The van der Waals surface area contributed by atoms with Gasteiger partial charge in [-0.2, -0.15) is 0 Å². The number of hydrogen-bond acceptors (Lipinski definition) is 0. The molecule has 0 heterocycles. The van der Waals surface area contributed by atoms with E-state index < -0.39 is 0 Å². The van der Waals surface area contributed by atoms with Gasteiger partial charge in [0.2, 0.25) is 0 Å². The van der Waals surface area contributed by atoms with Crippen LogP contribution in [0.25, 0.3) is 22.3 Å². The third kappa shape index (κ3) is 2.88. The van der Waals surface area contributed by atoms with Gasteiger partial charge in [0.25, 0.3) is 0 Å². The zero-order chi connectivity index (χ0) is 18.4. The number of fused-ring (bicyclic) bond motifs is 1. The van der Waals surface area contributed by atoms with Crippen molar-refractivity contribution in [3.63, 3.8) is 0 Å². The molecule has 0 unspecified atom stereocenters. The van der Waals surface area contributed by atoms with Crippen LogP contribution >= 0.6 is 0 Å². The van der Waals surface area contributed by atoms with Gasteiger partial charge in [-0.05, 0) is 57.1 Å². The second kappa shape index (κ2) is 6.13. The second-order valence-corrected chi connectivity index (χ2v) is 8.94. The minimum absolute atomic E-state index is 0.239. The van der Waals surface area contributed by atoms with Crippen molar-refractivity contribution in [2.45, 2.75) is 51.4 Å². The van der Waals surface area contributed by atoms with E-state index in [1.165, 1.54) is 46.2 Å². The molecule has 3 aromatic carbocycles. The maximum Gasteiger partial charge on any atom is -0.0100 e. The fourth-order valence-corrected chi connectivity index (χ4v) is 4.36. The Hall–Kier alpha value is -2.34. The normalized spacial score (nSPS) is 17.5. The first-order valence-corrected chi connectivity index (χ1v) is 9.68. The first kappa shape index (κ1) is 17.1. The van der Waals surface area contributed by atoms with E-state index in [-0.39, 0.29) is 10.8 Å². The fraction of sp³-hybridized carbons (Fsp3) is 0.308. The van der Waals surface area contributed by atoms with Crippen LogP contribution in [-0.4, -0.2) is 0 Å². The van der Waals surface area contributed by atoms with Crippen LogP contribution in [0.15, 0.2) is 72.8 Å². The maximum atomic E-state index is 2.46. The van der Waals surface area contributed by atoms with Crippen molar-refractivity contribution in [2.75, 3.05) is 0 Å². The van der Waals surface area contributed by atoms with Gasteiger partial charge in [-0.3, -0.25) is 0 Å². The lowest BCUT2D eigenvalue weighted by atomic mass is 9.63. The van der Waals surface area contributed by atoms with E-state index in [1.807, 2.05) is 0 Å². The van der Waals surface area contributed by atoms with E-state index in [2.05, 4.69) is 100 Å². The van der Waals surface area contributed by atoms with E-state index in [0.29, 0.717) is 0 Å². The number of rotatable bonds is 2. The standard InChI is InChI=1S/C26H28/c1-25(2)16-17-26(3,4)24-18-20(14-15-23(24)25)22-13-9-8-12-21(22)19-10-6-5-7-11-19/h5-15,18H,16-17H2,1-4H3. The van der Waals surface area contributed by atoms with Crippen molar-refractivity contribution in [3.05, 3.63) is 83.9 Å². The summed E-state index contributed by atoms with van der Waals surface area (Å²) in [6, 6.07) is 26.6. The van der Waals surface area contributed by atoms with E-state index in [4.69, 9.17) is 0 Å². The SMILES string of the molecule is CC1(C)CCC(C)(C)c2cc(-c3ccccc3-c3ccccc3)ccc21. The van der Waals surface area contributed by atoms with Crippen molar-refractivity contribution >= 4 is 0 Å². The molecular weight excluding hydrogens is 312 g/mol. The van der Waals surface area contributed by atoms with E-state index in [0.717, 1.165) is 0 Å². The zero-order valence-corrected chi connectivity index (χ0v) is 16.3. The highest BCUT2D eigenvalue weighted by Crippen LogP contribution is 2.47. The molecule has 132 valence electrons. The smallest absolute Gasteiger partial charge is 0.0100 e. The summed E-state index contributed by atoms with van der Waals surface area (Å²) < 4.78 is 0. The molecule has 1 aliphatic rings. The van der Waals surface area contributed by atoms with Crippen LogP contribution in [0.4, 0.5) is 0 Å². The molecule has 0 radical (unpaired) electrons. The summed E-state index contributed by atoms with van der Waals surface area (Å²) in [5.74, 6) is 0. The number of benzene rings is 3. The van der Waals surface area contributed by atoms with Crippen molar-refractivity contribution in [1.82, 2.24) is 0 Å². The molecule has 0 aromatic heterocycles. The van der Waals surface area contributed by atoms with Gasteiger partial charge < -0.3 is 0 Å². The summed E-state index contributed by atoms with van der Waals surface area (Å²) in [5, 5.41) is 0. The summed E-state index contributed by atoms with van der Waals surface area (Å²) in [5.41, 5.74) is 8.78. The van der Waals surface area contributed by atoms with Crippen LogP contribution < -0.4 is 0 Å². The first-order chi connectivity index (χ1) is 12.4. The molecule has 0 heteroatoms. The predicted octanol–water partition coefficient (Wildman–Crippen LogP) is 7.37. The van der Waals surface area contributed by atoms with Gasteiger partial charge in [0.15, 0.2) is 0 Å². The molecule has 0 amide bonds. The van der Waals surface area contributed by atoms with Crippen molar-refractivity contribution in [2.24, 2.45) is 0 Å². The van der Waals surface area contributed by atoms with Crippen molar-refractivity contribution in [3.8, 4) is 22.3 Å². The summed E-state index contributed by atoms with van der Waals surface area (Å²) in [6.45, 7) is 9.57. The molecule has 0 bridgehead atoms. The molecule has 0 atom stereocenters. The molecule has 0 spiro atoms. The zero-order valence-electron chi connectivity index (χ0n) is 16.3. The Morgan fingerprint density at radius 1 is 0.538 bits per heavy atom. The number of hydrogen-bond donors (Lipinski definition) is 0. The molecule has 0 nitrogen and oxygen atoms in total. The summed E-state index contributed by atoms with van der Waals surface area (Å²) >= 11 is 0. The monoisotopic (exact) mass is 340 g/mol. The van der Waals surface area contributed by atoms with Crippen LogP contribution in [0, 0.1) is 0 Å². The van der Waals surface area contributed by atoms with Gasteiger partial charge in [0.05, 0.1) is 0 Å². The Morgan fingerprint density at radius 3 is 1.73 bits per heavy atom. The Kier molecular flexibility index (Phi) is 4.03. The van der Waals surface area contributed by atoms with Crippen molar-refractivity contribution in [1.29, 1.82) is 0 Å². The molecule has 0 aliphatic heterocycles. The van der Waals surface area contributed by atoms with Gasteiger partial charge in [-0.1, -0.05) is 100 Å². The van der Waals surface area contributed by atoms with Crippen molar-refractivity contribution < 1.29 is 0 Å². The Morgan fingerprint density at radius 2 is 1.08 bits per heavy atom. The average Bonchev–Trinajstić information content (AvgIpc) is 2.66. The van der Waals surface area contributed by atoms with Gasteiger partial charge in [0.1, 0.15) is 0 Å². The minimum Gasteiger partial charge on any atom is -0.0622 e. The summed E-state index contributed by atoms with van der Waals surface area (Å²) in [6.07, 6.45) is 2.50. The summed E-state index contributed by atoms with van der Waals surface area (Å²) in [4.78, 5) is 0. The molecule has 0 fully saturated rings. The lowest BCUT2D eigenvalue weighted by Gasteiger charge is -2.42. The Labute approximate surface area is 157 Å². The molecule has 26 heavy (non-hydrogen) atoms. The highest BCUT2D eigenvalue weighted by atomic mass is 14.4. The van der Waals surface area contributed by atoms with Crippen LogP contribution in [0.5, 0.6) is 0 Å². The van der Waals surface area contributed by atoms with Crippen LogP contribution in [0.3, 0.4) is 0 Å². The maximum absolute atomic E-state index is 2.46. The van der Waals surface area contributed by atoms with Crippen LogP contribution in [0.1, 0.15) is 51.7 Å². The summed E-state index contributed by atoms with van der Waals surface area (Å²) in [7, 11) is 0. The van der Waals surface area contributed by atoms with Gasteiger partial charge >= 0.3 is 0 Å². The van der Waals surface area contributed by atoms with Crippen LogP contribution in [-0.2, 0) is 10.8 Å². The third-order valence-corrected chi connectivity index (χ3v) is 6.18. The average molecular weight is 341 g/mol. The fourth-order valence-electron chi connectivity index (χ4n) is 4.36. The van der Waals surface area contributed by atoms with E-state index in [9.17, 15) is 0 Å². The topological polar surface area (TPSA) is 0 Å². The third-order valence-electron chi connectivity index (χ3n) is 6.18. The predicted molar refractivity (Wildman–Crippen MR) is 113 cm³/mol. The highest BCUT2D eigenvalue weighted by molar-refractivity contribution is 5.84. The Bertz CT molecular complexity index is 929. The molecule has 0 saturated heterocycles. The quantitative estimate of drug-likeness (QED) is 0.457. The highest BCUT2D eigenvalue weighted by Gasteiger charge is 2.37. The first-order valence-electron chi connectivity index (χ1n) is 9.68. The molecule has 0 saturated carbocycles. The van der Waals surface area contributed by atoms with Gasteiger partial charge in [-0.15, -0.1) is 0 Å². The molecule has 4 rings (SSSR count). The van der Waals surface area contributed by atoms with E-state index >= 15 is 0 Å². The Balaban J connectivity index is 1.89. The van der Waals surface area contributed by atoms with E-state index in [1.54, 1.807) is 0 Å². The molecule has 1 aliphatic carbocycles. The largest absolute Gasteiger partial charge is 0.0622 e. The molecular formula is C26H28. The minimum atomic E-state index is 0.239. The molecule has 3 aromatic rings. The molecule has 0 N–H and O–H groups in total. The van der Waals surface area contributed by atoms with Gasteiger partial charge in [0, 0.05) is 0 Å². The lowest BCUT2D eigenvalue weighted by molar-refractivity contribution is 0.332. The second-order valence-electron chi connectivity index (χ2n) is 8.94. The van der Waals surface area contributed by atoms with Gasteiger partial charge in [-0.25, -0.2) is 0 Å². The van der Waals surface area contributed by atoms with Crippen LogP contribution in [0.2, 0.25) is 0 Å².